The summed E-state index contributed by atoms with van der Waals surface area (Å²) in [6.07, 6.45) is 3.35. The first-order chi connectivity index (χ1) is 16.5. The number of nitrogens with one attached hydrogen (secondary N) is 1. The Labute approximate surface area is 202 Å². The minimum absolute atomic E-state index is 0.454. The third-order valence-corrected chi connectivity index (χ3v) is 4.81. The molecule has 0 saturated carbocycles. The molecule has 2 aromatic carbocycles. The maximum Gasteiger partial charge on any atom is 0.248 e. The van der Waals surface area contributed by atoms with Gasteiger partial charge in [-0.05, 0) is 49.4 Å². The number of primary amides is 1. The Morgan fingerprint density at radius 2 is 1.74 bits per heavy atom. The lowest BCUT2D eigenvalue weighted by molar-refractivity contribution is 0.100. The summed E-state index contributed by atoms with van der Waals surface area (Å²) in [5, 5.41) is 15.9. The summed E-state index contributed by atoms with van der Waals surface area (Å²) in [6.45, 7) is 11.1. The number of fused-ring (bicyclic) bond motifs is 1. The third-order valence-electron chi connectivity index (χ3n) is 4.81. The number of oxime groups is 1. The number of carbonyl (C=O) groups is 1. The van der Waals surface area contributed by atoms with Crippen LogP contribution in [-0.4, -0.2) is 40.1 Å². The summed E-state index contributed by atoms with van der Waals surface area (Å²) < 4.78 is 1.91. The number of anilines is 2. The van der Waals surface area contributed by atoms with E-state index in [0.717, 1.165) is 52.4 Å². The van der Waals surface area contributed by atoms with E-state index < -0.39 is 5.91 Å². The fourth-order valence-corrected chi connectivity index (χ4v) is 3.37. The number of carbonyl (C=O) groups excluding carboxylic acids is 1. The molecule has 3 aromatic rings. The molecule has 4 rings (SSSR count). The van der Waals surface area contributed by atoms with Crippen molar-refractivity contribution in [3.8, 4) is 11.3 Å². The van der Waals surface area contributed by atoms with Gasteiger partial charge < -0.3 is 25.8 Å². The molecule has 0 fully saturated rings. The van der Waals surface area contributed by atoms with Crippen molar-refractivity contribution in [2.45, 2.75) is 40.5 Å². The van der Waals surface area contributed by atoms with Gasteiger partial charge in [0.2, 0.25) is 5.91 Å². The van der Waals surface area contributed by atoms with Gasteiger partial charge in [-0.1, -0.05) is 51.0 Å². The van der Waals surface area contributed by atoms with Crippen molar-refractivity contribution in [1.29, 1.82) is 0 Å². The first-order valence-electron chi connectivity index (χ1n) is 11.4. The number of hydrogen-bond acceptors (Lipinski definition) is 6. The molecule has 1 aliphatic carbocycles. The molecule has 182 valence electrons. The second-order valence-corrected chi connectivity index (χ2v) is 6.85. The van der Waals surface area contributed by atoms with Crippen molar-refractivity contribution in [1.82, 2.24) is 9.55 Å². The number of nitrogens with zero attached hydrogens (tertiary/aromatic N) is 4. The van der Waals surface area contributed by atoms with Gasteiger partial charge in [0.25, 0.3) is 0 Å². The predicted molar refractivity (Wildman–Crippen MR) is 142 cm³/mol. The number of rotatable bonds is 4. The van der Waals surface area contributed by atoms with E-state index >= 15 is 0 Å². The number of aryl methyl sites for hydroxylation is 2. The van der Waals surface area contributed by atoms with Crippen LogP contribution in [0.1, 0.15) is 55.6 Å². The topological polar surface area (TPSA) is 118 Å². The molecule has 0 unspecified atom stereocenters. The van der Waals surface area contributed by atoms with Gasteiger partial charge in [0, 0.05) is 36.5 Å². The Bertz CT molecular complexity index is 1100. The van der Waals surface area contributed by atoms with Gasteiger partial charge in [-0.2, -0.15) is 0 Å². The standard InChI is InChI=1S/C20H19N5O2.C2H5N.2C2H6/c1-25-11-22-18(12-2-4-13(5-3-12)19(21)26)20(25)23-15-7-8-16-14(10-15)6-9-17(16)24-27;1-3-2;2*1-2/h2-5,7-8,10-11,23,27H,6,9H2,1H3,(H2,21,26);1H2,2H3;2*1-2H3/b24-17+;;;. The van der Waals surface area contributed by atoms with E-state index in [1.54, 1.807) is 25.5 Å². The molecule has 8 heteroatoms. The summed E-state index contributed by atoms with van der Waals surface area (Å²) in [5.74, 6) is 0.390. The zero-order valence-corrected chi connectivity index (χ0v) is 21.0. The number of amides is 1. The highest BCUT2D eigenvalue weighted by Crippen LogP contribution is 2.31. The van der Waals surface area contributed by atoms with E-state index in [0.29, 0.717) is 5.56 Å². The Morgan fingerprint density at radius 1 is 1.12 bits per heavy atom. The average molecular weight is 465 g/mol. The molecular weight excluding hydrogens is 428 g/mol. The van der Waals surface area contributed by atoms with Crippen LogP contribution in [0.5, 0.6) is 0 Å². The Morgan fingerprint density at radius 3 is 2.29 bits per heavy atom. The Balaban J connectivity index is 0.000000750. The van der Waals surface area contributed by atoms with Gasteiger partial charge in [0.05, 0.1) is 12.0 Å². The zero-order chi connectivity index (χ0) is 25.7. The number of imidazole rings is 1. The van der Waals surface area contributed by atoms with Crippen LogP contribution in [-0.2, 0) is 13.5 Å². The molecule has 1 amide bonds. The first-order valence-corrected chi connectivity index (χ1v) is 11.4. The number of hydrogen-bond donors (Lipinski definition) is 3. The van der Waals surface area contributed by atoms with Crippen LogP contribution < -0.4 is 11.1 Å². The van der Waals surface area contributed by atoms with Crippen molar-refractivity contribution in [3.63, 3.8) is 0 Å². The molecule has 0 saturated heterocycles. The van der Waals surface area contributed by atoms with Crippen molar-refractivity contribution >= 4 is 29.8 Å². The van der Waals surface area contributed by atoms with Gasteiger partial charge in [-0.3, -0.25) is 4.79 Å². The van der Waals surface area contributed by atoms with Crippen LogP contribution in [0.3, 0.4) is 0 Å². The average Bonchev–Trinajstić information content (AvgIpc) is 3.45. The fourth-order valence-electron chi connectivity index (χ4n) is 3.37. The SMILES string of the molecule is C=NC.CC.CC.Cn1cnc(-c2ccc(C(N)=O)cc2)c1Nc1ccc2c(c1)CC/C2=N\O. The highest BCUT2D eigenvalue weighted by atomic mass is 16.4. The highest BCUT2D eigenvalue weighted by Gasteiger charge is 2.19. The van der Waals surface area contributed by atoms with Crippen LogP contribution in [0, 0.1) is 0 Å². The molecule has 4 N–H and O–H groups in total. The quantitative estimate of drug-likeness (QED) is 0.271. The van der Waals surface area contributed by atoms with E-state index in [9.17, 15) is 4.79 Å². The molecule has 0 atom stereocenters. The number of benzene rings is 2. The second-order valence-electron chi connectivity index (χ2n) is 6.85. The number of aliphatic imine (C=N–C) groups is 1. The lowest BCUT2D eigenvalue weighted by Crippen LogP contribution is -2.10. The second kappa shape index (κ2) is 14.3. The summed E-state index contributed by atoms with van der Waals surface area (Å²) in [5.41, 5.74) is 11.3. The van der Waals surface area contributed by atoms with Crippen LogP contribution in [0.4, 0.5) is 11.5 Å². The van der Waals surface area contributed by atoms with E-state index in [1.165, 1.54) is 0 Å². The van der Waals surface area contributed by atoms with Gasteiger partial charge in [0.15, 0.2) is 0 Å². The third kappa shape index (κ3) is 6.78. The number of aromatic nitrogens is 2. The Kier molecular flexibility index (Phi) is 11.8. The minimum atomic E-state index is -0.454. The Hall–Kier alpha value is -3.94. The maximum atomic E-state index is 11.3. The molecule has 0 spiro atoms. The molecule has 0 bridgehead atoms. The molecular formula is C26H36N6O2. The molecule has 1 aromatic heterocycles. The van der Waals surface area contributed by atoms with Gasteiger partial charge in [-0.15, -0.1) is 0 Å². The van der Waals surface area contributed by atoms with Crippen molar-refractivity contribution in [2.24, 2.45) is 22.9 Å². The first kappa shape index (κ1) is 28.1. The smallest absolute Gasteiger partial charge is 0.248 e. The van der Waals surface area contributed by atoms with E-state index in [2.05, 4.69) is 33.2 Å². The van der Waals surface area contributed by atoms with Crippen molar-refractivity contribution in [2.75, 3.05) is 12.4 Å². The zero-order valence-electron chi connectivity index (χ0n) is 21.0. The largest absolute Gasteiger partial charge is 0.411 e. The van der Waals surface area contributed by atoms with Gasteiger partial charge >= 0.3 is 0 Å². The van der Waals surface area contributed by atoms with Gasteiger partial charge in [-0.25, -0.2) is 4.98 Å². The van der Waals surface area contributed by atoms with E-state index in [1.807, 2.05) is 63.6 Å². The van der Waals surface area contributed by atoms with E-state index in [4.69, 9.17) is 10.9 Å². The highest BCUT2D eigenvalue weighted by molar-refractivity contribution is 6.04. The molecule has 0 aliphatic heterocycles. The van der Waals surface area contributed by atoms with Crippen LogP contribution in [0.25, 0.3) is 11.3 Å². The normalized spacial score (nSPS) is 12.1. The maximum absolute atomic E-state index is 11.3. The molecule has 1 aliphatic rings. The summed E-state index contributed by atoms with van der Waals surface area (Å²) >= 11 is 0. The van der Waals surface area contributed by atoms with Crippen molar-refractivity contribution in [3.05, 3.63) is 65.5 Å². The molecule has 1 heterocycles. The summed E-state index contributed by atoms with van der Waals surface area (Å²) in [6, 6.07) is 13.1. The van der Waals surface area contributed by atoms with Crippen LogP contribution in [0.2, 0.25) is 0 Å². The summed E-state index contributed by atoms with van der Waals surface area (Å²) in [7, 11) is 3.56. The lowest BCUT2D eigenvalue weighted by atomic mass is 10.1. The molecule has 34 heavy (non-hydrogen) atoms. The van der Waals surface area contributed by atoms with Crippen LogP contribution >= 0.6 is 0 Å². The minimum Gasteiger partial charge on any atom is -0.411 e. The van der Waals surface area contributed by atoms with Gasteiger partial charge in [0.1, 0.15) is 11.5 Å². The van der Waals surface area contributed by atoms with Crippen LogP contribution in [0.15, 0.2) is 58.9 Å². The lowest BCUT2D eigenvalue weighted by Gasteiger charge is -2.11. The van der Waals surface area contributed by atoms with Crippen molar-refractivity contribution < 1.29 is 10.0 Å². The number of nitrogens with two attached hydrogens (primary N) is 1. The van der Waals surface area contributed by atoms with E-state index in [-0.39, 0.29) is 0 Å². The predicted octanol–water partition coefficient (Wildman–Crippen LogP) is 5.42. The molecule has 8 nitrogen and oxygen atoms in total. The summed E-state index contributed by atoms with van der Waals surface area (Å²) in [4.78, 5) is 19.0. The molecule has 0 radical (unpaired) electrons. The monoisotopic (exact) mass is 464 g/mol. The fraction of sp³-hybridized carbons (Fsp3) is 0.308.